The van der Waals surface area contributed by atoms with Gasteiger partial charge >= 0.3 is 0 Å². The van der Waals surface area contributed by atoms with E-state index >= 15 is 0 Å². The lowest BCUT2D eigenvalue weighted by Crippen LogP contribution is -2.44. The third-order valence-electron chi connectivity index (χ3n) is 5.61. The molecule has 0 bridgehead atoms. The van der Waals surface area contributed by atoms with Crippen molar-refractivity contribution < 1.29 is 4.79 Å². The number of nitrogens with zero attached hydrogens (tertiary/aromatic N) is 3. The first-order chi connectivity index (χ1) is 13.3. The summed E-state index contributed by atoms with van der Waals surface area (Å²) in [4.78, 5) is 27.3. The molecule has 0 saturated carbocycles. The summed E-state index contributed by atoms with van der Waals surface area (Å²) < 4.78 is 0. The van der Waals surface area contributed by atoms with Crippen molar-refractivity contribution in [1.82, 2.24) is 15.3 Å². The van der Waals surface area contributed by atoms with Crippen molar-refractivity contribution in [2.75, 3.05) is 18.0 Å². The molecule has 140 valence electrons. The van der Waals surface area contributed by atoms with Crippen LogP contribution >= 0.6 is 22.7 Å². The fourth-order valence-corrected chi connectivity index (χ4v) is 6.06. The molecule has 4 heterocycles. The van der Waals surface area contributed by atoms with E-state index in [0.717, 1.165) is 47.9 Å². The summed E-state index contributed by atoms with van der Waals surface area (Å²) in [5, 5.41) is 6.42. The number of piperidine rings is 1. The van der Waals surface area contributed by atoms with Gasteiger partial charge in [-0.25, -0.2) is 9.97 Å². The molecule has 1 amide bonds. The molecule has 5 nitrogen and oxygen atoms in total. The van der Waals surface area contributed by atoms with Gasteiger partial charge in [0, 0.05) is 24.0 Å². The Bertz CT molecular complexity index is 958. The van der Waals surface area contributed by atoms with Crippen LogP contribution in [-0.2, 0) is 12.8 Å². The Labute approximate surface area is 166 Å². The summed E-state index contributed by atoms with van der Waals surface area (Å²) in [6.45, 7) is 1.85. The van der Waals surface area contributed by atoms with E-state index in [0.29, 0.717) is 0 Å². The van der Waals surface area contributed by atoms with Crippen molar-refractivity contribution in [2.24, 2.45) is 0 Å². The molecule has 1 aliphatic heterocycles. The van der Waals surface area contributed by atoms with E-state index in [1.54, 1.807) is 6.33 Å². The summed E-state index contributed by atoms with van der Waals surface area (Å²) in [5.41, 5.74) is 1.49. The Morgan fingerprint density at radius 3 is 2.85 bits per heavy atom. The van der Waals surface area contributed by atoms with Crippen molar-refractivity contribution in [1.29, 1.82) is 0 Å². The molecule has 1 fully saturated rings. The largest absolute Gasteiger partial charge is 0.356 e. The molecule has 5 rings (SSSR count). The highest BCUT2D eigenvalue weighted by atomic mass is 32.1. The number of aromatic nitrogens is 2. The van der Waals surface area contributed by atoms with Gasteiger partial charge in [0.05, 0.1) is 10.3 Å². The van der Waals surface area contributed by atoms with Crippen LogP contribution in [0, 0.1) is 0 Å². The number of hydrogen-bond acceptors (Lipinski definition) is 6. The van der Waals surface area contributed by atoms with Crippen molar-refractivity contribution in [3.63, 3.8) is 0 Å². The molecule has 27 heavy (non-hydrogen) atoms. The summed E-state index contributed by atoms with van der Waals surface area (Å²) in [6, 6.07) is 4.04. The maximum absolute atomic E-state index is 12.3. The van der Waals surface area contributed by atoms with Crippen LogP contribution in [0.4, 0.5) is 5.82 Å². The maximum atomic E-state index is 12.3. The SMILES string of the molecule is O=C(NC1CCN(c2ncnc3sc4c(c23)CCCC4)CC1)c1cccs1. The van der Waals surface area contributed by atoms with Crippen LogP contribution in [0.1, 0.15) is 45.8 Å². The number of fused-ring (bicyclic) bond motifs is 3. The first-order valence-corrected chi connectivity index (χ1v) is 11.3. The Hall–Kier alpha value is -1.99. The molecular formula is C20H22N4OS2. The van der Waals surface area contributed by atoms with Crippen LogP contribution in [0.3, 0.4) is 0 Å². The molecule has 0 atom stereocenters. The van der Waals surface area contributed by atoms with Crippen LogP contribution in [0.5, 0.6) is 0 Å². The monoisotopic (exact) mass is 398 g/mol. The first kappa shape index (κ1) is 17.1. The van der Waals surface area contributed by atoms with Gasteiger partial charge in [0.25, 0.3) is 5.91 Å². The first-order valence-electron chi connectivity index (χ1n) is 9.64. The molecule has 0 radical (unpaired) electrons. The topological polar surface area (TPSA) is 58.1 Å². The molecule has 1 saturated heterocycles. The number of amides is 1. The van der Waals surface area contributed by atoms with Crippen LogP contribution in [0.15, 0.2) is 23.8 Å². The van der Waals surface area contributed by atoms with E-state index in [-0.39, 0.29) is 11.9 Å². The highest BCUT2D eigenvalue weighted by molar-refractivity contribution is 7.19. The maximum Gasteiger partial charge on any atom is 0.261 e. The summed E-state index contributed by atoms with van der Waals surface area (Å²) in [5.74, 6) is 1.15. The number of thiophene rings is 2. The molecule has 7 heteroatoms. The van der Waals surface area contributed by atoms with E-state index < -0.39 is 0 Å². The Balaban J connectivity index is 1.32. The van der Waals surface area contributed by atoms with Crippen molar-refractivity contribution in [3.05, 3.63) is 39.2 Å². The molecule has 0 aromatic carbocycles. The van der Waals surface area contributed by atoms with Crippen LogP contribution < -0.4 is 10.2 Å². The average Bonchev–Trinajstić information content (AvgIpc) is 3.36. The zero-order valence-electron chi connectivity index (χ0n) is 15.1. The highest BCUT2D eigenvalue weighted by Gasteiger charge is 2.26. The molecule has 1 aliphatic carbocycles. The Kier molecular flexibility index (Phi) is 4.57. The smallest absolute Gasteiger partial charge is 0.261 e. The predicted molar refractivity (Wildman–Crippen MR) is 111 cm³/mol. The summed E-state index contributed by atoms with van der Waals surface area (Å²) in [6.07, 6.45) is 8.52. The fourth-order valence-electron chi connectivity index (χ4n) is 4.21. The number of anilines is 1. The zero-order chi connectivity index (χ0) is 18.2. The van der Waals surface area contributed by atoms with Gasteiger partial charge in [-0.2, -0.15) is 0 Å². The summed E-state index contributed by atoms with van der Waals surface area (Å²) in [7, 11) is 0. The Morgan fingerprint density at radius 2 is 2.04 bits per heavy atom. The normalized spacial score (nSPS) is 17.9. The highest BCUT2D eigenvalue weighted by Crippen LogP contribution is 2.39. The minimum absolute atomic E-state index is 0.0554. The van der Waals surface area contributed by atoms with Gasteiger partial charge in [0.15, 0.2) is 0 Å². The van der Waals surface area contributed by atoms with E-state index in [1.165, 1.54) is 46.4 Å². The number of nitrogens with one attached hydrogen (secondary N) is 1. The second-order valence-corrected chi connectivity index (χ2v) is 9.33. The predicted octanol–water partition coefficient (Wildman–Crippen LogP) is 4.03. The van der Waals surface area contributed by atoms with Crippen molar-refractivity contribution in [3.8, 4) is 0 Å². The van der Waals surface area contributed by atoms with Gasteiger partial charge in [-0.3, -0.25) is 4.79 Å². The number of aryl methyl sites for hydroxylation is 2. The zero-order valence-corrected chi connectivity index (χ0v) is 16.7. The molecule has 3 aromatic heterocycles. The van der Waals surface area contributed by atoms with Crippen LogP contribution in [0.25, 0.3) is 10.2 Å². The molecule has 2 aliphatic rings. The molecule has 0 unspecified atom stereocenters. The lowest BCUT2D eigenvalue weighted by Gasteiger charge is -2.33. The standard InChI is InChI=1S/C20H22N4OS2/c25-19(16-6-3-11-26-16)23-13-7-9-24(10-8-13)18-17-14-4-1-2-5-15(14)27-20(17)22-12-21-18/h3,6,11-13H,1-2,4-5,7-10H2,(H,23,25). The third kappa shape index (κ3) is 3.23. The van der Waals surface area contributed by atoms with E-state index in [2.05, 4.69) is 20.2 Å². The number of carbonyl (C=O) groups is 1. The summed E-state index contributed by atoms with van der Waals surface area (Å²) >= 11 is 3.35. The molecule has 3 aromatic rings. The number of carbonyl (C=O) groups excluding carboxylic acids is 1. The quantitative estimate of drug-likeness (QED) is 0.724. The van der Waals surface area contributed by atoms with Gasteiger partial charge in [-0.05, 0) is 55.5 Å². The van der Waals surface area contributed by atoms with Crippen molar-refractivity contribution >= 4 is 44.6 Å². The average molecular weight is 399 g/mol. The van der Waals surface area contributed by atoms with Gasteiger partial charge < -0.3 is 10.2 Å². The van der Waals surface area contributed by atoms with Crippen LogP contribution in [0.2, 0.25) is 0 Å². The second kappa shape index (κ2) is 7.20. The number of rotatable bonds is 3. The lowest BCUT2D eigenvalue weighted by atomic mass is 9.96. The third-order valence-corrected chi connectivity index (χ3v) is 7.67. The molecular weight excluding hydrogens is 376 g/mol. The van der Waals surface area contributed by atoms with E-state index in [4.69, 9.17) is 0 Å². The van der Waals surface area contributed by atoms with Crippen molar-refractivity contribution in [2.45, 2.75) is 44.6 Å². The minimum Gasteiger partial charge on any atom is -0.356 e. The minimum atomic E-state index is 0.0554. The van der Waals surface area contributed by atoms with Gasteiger partial charge in [0.1, 0.15) is 17.0 Å². The van der Waals surface area contributed by atoms with Gasteiger partial charge in [0.2, 0.25) is 0 Å². The number of hydrogen-bond donors (Lipinski definition) is 1. The lowest BCUT2D eigenvalue weighted by molar-refractivity contribution is 0.0935. The molecule has 0 spiro atoms. The Morgan fingerprint density at radius 1 is 1.19 bits per heavy atom. The van der Waals surface area contributed by atoms with E-state index in [1.807, 2.05) is 28.8 Å². The van der Waals surface area contributed by atoms with E-state index in [9.17, 15) is 4.79 Å². The molecule has 1 N–H and O–H groups in total. The second-order valence-electron chi connectivity index (χ2n) is 7.30. The van der Waals surface area contributed by atoms with Crippen LogP contribution in [-0.4, -0.2) is 35.0 Å². The van der Waals surface area contributed by atoms with Gasteiger partial charge in [-0.15, -0.1) is 22.7 Å². The van der Waals surface area contributed by atoms with Gasteiger partial charge in [-0.1, -0.05) is 6.07 Å². The fraction of sp³-hybridized carbons (Fsp3) is 0.450.